The third kappa shape index (κ3) is 3.79. The van der Waals surface area contributed by atoms with Crippen LogP contribution in [0, 0.1) is 0 Å². The van der Waals surface area contributed by atoms with Gasteiger partial charge in [0.25, 0.3) is 5.91 Å². The first-order valence-corrected chi connectivity index (χ1v) is 9.84. The van der Waals surface area contributed by atoms with Crippen LogP contribution in [0.5, 0.6) is 5.75 Å². The van der Waals surface area contributed by atoms with E-state index in [0.29, 0.717) is 5.56 Å². The first-order chi connectivity index (χ1) is 13.8. The average Bonchev–Trinajstić information content (AvgIpc) is 3.04. The van der Waals surface area contributed by atoms with Gasteiger partial charge in [-0.15, -0.1) is 0 Å². The predicted molar refractivity (Wildman–Crippen MR) is 112 cm³/mol. The van der Waals surface area contributed by atoms with Gasteiger partial charge in [-0.2, -0.15) is 0 Å². The number of hydrogen-bond donors (Lipinski definition) is 1. The van der Waals surface area contributed by atoms with Crippen LogP contribution in [-0.2, 0) is 0 Å². The molecule has 28 heavy (non-hydrogen) atoms. The monoisotopic (exact) mass is 375 g/mol. The van der Waals surface area contributed by atoms with E-state index < -0.39 is 0 Å². The minimum atomic E-state index is 0.0848. The van der Waals surface area contributed by atoms with Crippen molar-refractivity contribution < 1.29 is 9.53 Å². The van der Waals surface area contributed by atoms with Gasteiger partial charge in [-0.25, -0.2) is 4.98 Å². The number of amides is 1. The molecule has 1 N–H and O–H groups in total. The van der Waals surface area contributed by atoms with Gasteiger partial charge in [0.2, 0.25) is 0 Å². The van der Waals surface area contributed by atoms with Crippen molar-refractivity contribution in [2.75, 3.05) is 25.5 Å². The number of rotatable bonds is 4. The second-order valence-corrected chi connectivity index (χ2v) is 7.13. The molecule has 0 radical (unpaired) electrons. The van der Waals surface area contributed by atoms with Crippen LogP contribution in [-0.4, -0.2) is 36.0 Å². The van der Waals surface area contributed by atoms with Crippen molar-refractivity contribution in [2.24, 2.45) is 0 Å². The summed E-state index contributed by atoms with van der Waals surface area (Å²) in [6.45, 7) is 1.66. The molecule has 0 atom stereocenters. The van der Waals surface area contributed by atoms with E-state index >= 15 is 0 Å². The Balaban J connectivity index is 1.67. The van der Waals surface area contributed by atoms with E-state index in [1.54, 1.807) is 13.3 Å². The molecular formula is C23H25N3O2. The lowest BCUT2D eigenvalue weighted by molar-refractivity contribution is 0.0763. The molecule has 3 aromatic rings. The van der Waals surface area contributed by atoms with Crippen LogP contribution >= 0.6 is 0 Å². The fourth-order valence-electron chi connectivity index (χ4n) is 3.72. The second kappa shape index (κ2) is 8.30. The molecule has 0 bridgehead atoms. The van der Waals surface area contributed by atoms with Crippen molar-refractivity contribution in [2.45, 2.75) is 25.7 Å². The molecule has 1 aromatic heterocycles. The molecule has 1 aliphatic heterocycles. The number of nitrogens with zero attached hydrogens (tertiary/aromatic N) is 2. The minimum absolute atomic E-state index is 0.0848. The van der Waals surface area contributed by atoms with E-state index in [-0.39, 0.29) is 5.91 Å². The lowest BCUT2D eigenvalue weighted by Crippen LogP contribution is -2.32. The highest BCUT2D eigenvalue weighted by Gasteiger charge is 2.20. The molecule has 144 valence electrons. The summed E-state index contributed by atoms with van der Waals surface area (Å²) < 4.78 is 5.21. The number of likely N-dealkylation sites (tertiary alicyclic amines) is 1. The van der Waals surface area contributed by atoms with E-state index in [1.165, 1.54) is 12.8 Å². The van der Waals surface area contributed by atoms with E-state index in [0.717, 1.165) is 54.0 Å². The van der Waals surface area contributed by atoms with Gasteiger partial charge in [0, 0.05) is 30.4 Å². The maximum absolute atomic E-state index is 13.2. The summed E-state index contributed by atoms with van der Waals surface area (Å²) in [5.41, 5.74) is 1.60. The fourth-order valence-corrected chi connectivity index (χ4v) is 3.72. The van der Waals surface area contributed by atoms with Crippen molar-refractivity contribution in [3.05, 3.63) is 60.3 Å². The Bertz CT molecular complexity index is 961. The van der Waals surface area contributed by atoms with Crippen LogP contribution in [0.25, 0.3) is 10.8 Å². The number of methoxy groups -OCH3 is 1. The van der Waals surface area contributed by atoms with Gasteiger partial charge in [-0.1, -0.05) is 37.1 Å². The predicted octanol–water partition coefficient (Wildman–Crippen LogP) is 5.00. The second-order valence-electron chi connectivity index (χ2n) is 7.13. The smallest absolute Gasteiger partial charge is 0.256 e. The molecule has 0 spiro atoms. The largest absolute Gasteiger partial charge is 0.497 e. The topological polar surface area (TPSA) is 54.5 Å². The van der Waals surface area contributed by atoms with Gasteiger partial charge in [-0.05, 0) is 42.5 Å². The first kappa shape index (κ1) is 18.3. The third-order valence-corrected chi connectivity index (χ3v) is 5.27. The third-order valence-electron chi connectivity index (χ3n) is 5.27. The summed E-state index contributed by atoms with van der Waals surface area (Å²) in [6.07, 6.45) is 6.27. The van der Waals surface area contributed by atoms with Crippen LogP contribution < -0.4 is 10.1 Å². The highest BCUT2D eigenvalue weighted by molar-refractivity contribution is 6.09. The molecular weight excluding hydrogens is 350 g/mol. The summed E-state index contributed by atoms with van der Waals surface area (Å²) in [5.74, 6) is 1.64. The van der Waals surface area contributed by atoms with Gasteiger partial charge < -0.3 is 15.0 Å². The summed E-state index contributed by atoms with van der Waals surface area (Å²) in [5, 5.41) is 5.24. The minimum Gasteiger partial charge on any atom is -0.497 e. The van der Waals surface area contributed by atoms with Crippen molar-refractivity contribution in [1.82, 2.24) is 9.88 Å². The number of aromatic nitrogens is 1. The van der Waals surface area contributed by atoms with Crippen LogP contribution in [0.3, 0.4) is 0 Å². The van der Waals surface area contributed by atoms with Gasteiger partial charge in [0.05, 0.1) is 12.7 Å². The fraction of sp³-hybridized carbons (Fsp3) is 0.304. The number of carbonyl (C=O) groups is 1. The van der Waals surface area contributed by atoms with Crippen molar-refractivity contribution >= 4 is 28.2 Å². The molecule has 0 aliphatic carbocycles. The van der Waals surface area contributed by atoms with Gasteiger partial charge in [-0.3, -0.25) is 4.79 Å². The zero-order chi connectivity index (χ0) is 19.3. The number of nitrogens with one attached hydrogen (secondary N) is 1. The zero-order valence-corrected chi connectivity index (χ0v) is 16.1. The normalized spacial score (nSPS) is 14.5. The summed E-state index contributed by atoms with van der Waals surface area (Å²) in [6, 6.07) is 15.7. The first-order valence-electron chi connectivity index (χ1n) is 9.84. The van der Waals surface area contributed by atoms with Crippen LogP contribution in [0.1, 0.15) is 36.0 Å². The number of ether oxygens (including phenoxy) is 1. The van der Waals surface area contributed by atoms with Crippen molar-refractivity contribution in [3.8, 4) is 5.75 Å². The summed E-state index contributed by atoms with van der Waals surface area (Å²) >= 11 is 0. The Morgan fingerprint density at radius 2 is 1.64 bits per heavy atom. The van der Waals surface area contributed by atoms with E-state index in [1.807, 2.05) is 53.4 Å². The molecule has 5 heteroatoms. The van der Waals surface area contributed by atoms with Gasteiger partial charge in [0.15, 0.2) is 0 Å². The summed E-state index contributed by atoms with van der Waals surface area (Å²) in [7, 11) is 1.65. The molecule has 1 fully saturated rings. The highest BCUT2D eigenvalue weighted by Crippen LogP contribution is 2.28. The molecule has 1 aliphatic rings. The lowest BCUT2D eigenvalue weighted by atomic mass is 10.1. The van der Waals surface area contributed by atoms with Gasteiger partial charge >= 0.3 is 0 Å². The van der Waals surface area contributed by atoms with Crippen molar-refractivity contribution in [3.63, 3.8) is 0 Å². The molecule has 0 unspecified atom stereocenters. The van der Waals surface area contributed by atoms with Gasteiger partial charge in [0.1, 0.15) is 11.6 Å². The quantitative estimate of drug-likeness (QED) is 0.697. The molecule has 4 rings (SSSR count). The number of hydrogen-bond acceptors (Lipinski definition) is 4. The van der Waals surface area contributed by atoms with Crippen LogP contribution in [0.2, 0.25) is 0 Å². The molecule has 1 amide bonds. The number of carbonyl (C=O) groups excluding carboxylic acids is 1. The average molecular weight is 375 g/mol. The molecule has 2 heterocycles. The van der Waals surface area contributed by atoms with Crippen LogP contribution in [0.15, 0.2) is 54.7 Å². The Labute approximate surface area is 165 Å². The number of pyridine rings is 1. The maximum Gasteiger partial charge on any atom is 0.256 e. The Morgan fingerprint density at radius 1 is 0.964 bits per heavy atom. The molecule has 1 saturated heterocycles. The van der Waals surface area contributed by atoms with E-state index in [9.17, 15) is 4.79 Å². The molecule has 0 saturated carbocycles. The Hall–Kier alpha value is -3.08. The number of anilines is 2. The maximum atomic E-state index is 13.2. The Morgan fingerprint density at radius 3 is 2.32 bits per heavy atom. The zero-order valence-electron chi connectivity index (χ0n) is 16.1. The standard InChI is InChI=1S/C23H25N3O2/c1-28-18-12-10-17(11-13-18)25-22-20-9-5-4-8-19(20)21(16-24-22)23(27)26-14-6-2-3-7-15-26/h4-5,8-13,16H,2-3,6-7,14-15H2,1H3,(H,24,25). The van der Waals surface area contributed by atoms with E-state index in [2.05, 4.69) is 10.3 Å². The lowest BCUT2D eigenvalue weighted by Gasteiger charge is -2.21. The van der Waals surface area contributed by atoms with Crippen LogP contribution in [0.4, 0.5) is 11.5 Å². The number of fused-ring (bicyclic) bond motifs is 1. The Kier molecular flexibility index (Phi) is 5.42. The highest BCUT2D eigenvalue weighted by atomic mass is 16.5. The summed E-state index contributed by atoms with van der Waals surface area (Å²) in [4.78, 5) is 19.7. The number of benzene rings is 2. The molecule has 5 nitrogen and oxygen atoms in total. The SMILES string of the molecule is COc1ccc(Nc2ncc(C(=O)N3CCCCCC3)c3ccccc23)cc1. The molecule has 2 aromatic carbocycles. The van der Waals surface area contributed by atoms with E-state index in [4.69, 9.17) is 4.74 Å². The van der Waals surface area contributed by atoms with Crippen molar-refractivity contribution in [1.29, 1.82) is 0 Å².